The van der Waals surface area contributed by atoms with E-state index in [1.54, 1.807) is 36.9 Å². The summed E-state index contributed by atoms with van der Waals surface area (Å²) in [5.41, 5.74) is -0.108. The van der Waals surface area contributed by atoms with Crippen LogP contribution >= 0.6 is 0 Å². The predicted octanol–water partition coefficient (Wildman–Crippen LogP) is -0.215. The molecule has 0 spiro atoms. The van der Waals surface area contributed by atoms with Crippen molar-refractivity contribution >= 4 is 5.91 Å². The van der Waals surface area contributed by atoms with Crippen LogP contribution in [0.1, 0.15) is 16.1 Å². The summed E-state index contributed by atoms with van der Waals surface area (Å²) < 4.78 is 11.7. The number of hydrogen-bond acceptors (Lipinski definition) is 6. The number of aromatic nitrogens is 1. The van der Waals surface area contributed by atoms with E-state index in [1.807, 2.05) is 0 Å². The number of carbonyl (C=O) groups excluding carboxylic acids is 1. The molecule has 0 atom stereocenters. The SMILES string of the molecule is COCCN1Cn2cc(C)c(=O)c(O)c2C(=O)N1CCOC. The first kappa shape index (κ1) is 16.5. The molecule has 2 heterocycles. The van der Waals surface area contributed by atoms with E-state index in [0.717, 1.165) is 0 Å². The van der Waals surface area contributed by atoms with Crippen molar-refractivity contribution in [3.05, 3.63) is 27.7 Å². The van der Waals surface area contributed by atoms with E-state index < -0.39 is 17.1 Å². The van der Waals surface area contributed by atoms with E-state index in [1.165, 1.54) is 5.01 Å². The van der Waals surface area contributed by atoms with Gasteiger partial charge in [-0.05, 0) is 6.92 Å². The summed E-state index contributed by atoms with van der Waals surface area (Å²) in [4.78, 5) is 24.5. The zero-order chi connectivity index (χ0) is 16.3. The van der Waals surface area contributed by atoms with Crippen LogP contribution in [0.15, 0.2) is 11.0 Å². The van der Waals surface area contributed by atoms with Crippen molar-refractivity contribution in [1.29, 1.82) is 0 Å². The summed E-state index contributed by atoms with van der Waals surface area (Å²) in [5, 5.41) is 13.3. The average molecular weight is 311 g/mol. The first-order valence-corrected chi connectivity index (χ1v) is 6.98. The molecule has 0 bridgehead atoms. The highest BCUT2D eigenvalue weighted by molar-refractivity contribution is 5.95. The highest BCUT2D eigenvalue weighted by atomic mass is 16.5. The molecule has 0 radical (unpaired) electrons. The van der Waals surface area contributed by atoms with Crippen LogP contribution in [-0.2, 0) is 16.1 Å². The van der Waals surface area contributed by atoms with E-state index in [2.05, 4.69) is 0 Å². The van der Waals surface area contributed by atoms with Crippen molar-refractivity contribution in [1.82, 2.24) is 14.6 Å². The first-order valence-electron chi connectivity index (χ1n) is 6.98. The van der Waals surface area contributed by atoms with E-state index in [9.17, 15) is 14.7 Å². The number of hydrazine groups is 1. The number of ether oxygens (including phenoxy) is 2. The van der Waals surface area contributed by atoms with Gasteiger partial charge in [0.1, 0.15) is 0 Å². The Morgan fingerprint density at radius 2 is 1.82 bits per heavy atom. The van der Waals surface area contributed by atoms with Gasteiger partial charge in [0.05, 0.1) is 26.4 Å². The van der Waals surface area contributed by atoms with Crippen molar-refractivity contribution in [2.75, 3.05) is 40.5 Å². The Balaban J connectivity index is 2.41. The quantitative estimate of drug-likeness (QED) is 0.782. The van der Waals surface area contributed by atoms with Gasteiger partial charge in [-0.2, -0.15) is 5.01 Å². The molecule has 22 heavy (non-hydrogen) atoms. The van der Waals surface area contributed by atoms with Crippen LogP contribution in [0, 0.1) is 6.92 Å². The molecule has 1 aliphatic rings. The molecule has 8 nitrogen and oxygen atoms in total. The summed E-state index contributed by atoms with van der Waals surface area (Å²) in [7, 11) is 3.14. The van der Waals surface area contributed by atoms with Crippen LogP contribution in [0.3, 0.4) is 0 Å². The second-order valence-electron chi connectivity index (χ2n) is 5.09. The minimum atomic E-state index is -0.517. The minimum Gasteiger partial charge on any atom is -0.503 e. The standard InChI is InChI=1S/C14H21N3O5/c1-10-8-15-9-16(4-6-21-2)17(5-7-22-3)14(20)11(15)13(19)12(10)18/h8,19H,4-7,9H2,1-3H3. The Hall–Kier alpha value is -1.90. The number of aromatic hydroxyl groups is 1. The first-order chi connectivity index (χ1) is 10.5. The summed E-state index contributed by atoms with van der Waals surface area (Å²) >= 11 is 0. The van der Waals surface area contributed by atoms with Crippen molar-refractivity contribution in [3.8, 4) is 5.75 Å². The molecule has 2 rings (SSSR count). The maximum absolute atomic E-state index is 12.6. The van der Waals surface area contributed by atoms with Crippen molar-refractivity contribution in [2.45, 2.75) is 13.6 Å². The van der Waals surface area contributed by atoms with Gasteiger partial charge in [-0.3, -0.25) is 14.6 Å². The fraction of sp³-hybridized carbons (Fsp3) is 0.571. The maximum Gasteiger partial charge on any atom is 0.288 e. The topological polar surface area (TPSA) is 84.2 Å². The molecule has 0 aromatic carbocycles. The molecule has 1 amide bonds. The van der Waals surface area contributed by atoms with Crippen LogP contribution < -0.4 is 5.43 Å². The summed E-state index contributed by atoms with van der Waals surface area (Å²) in [6.45, 7) is 3.61. The van der Waals surface area contributed by atoms with Crippen LogP contribution in [0.4, 0.5) is 0 Å². The second kappa shape index (κ2) is 6.91. The number of amides is 1. The van der Waals surface area contributed by atoms with E-state index in [-0.39, 0.29) is 5.69 Å². The molecule has 8 heteroatoms. The third kappa shape index (κ3) is 2.99. The average Bonchev–Trinajstić information content (AvgIpc) is 2.49. The highest BCUT2D eigenvalue weighted by Gasteiger charge is 2.33. The highest BCUT2D eigenvalue weighted by Crippen LogP contribution is 2.22. The van der Waals surface area contributed by atoms with E-state index in [0.29, 0.717) is 38.5 Å². The van der Waals surface area contributed by atoms with Gasteiger partial charge < -0.3 is 19.1 Å². The number of fused-ring (bicyclic) bond motifs is 1. The molecule has 1 aromatic heterocycles. The summed E-state index contributed by atoms with van der Waals surface area (Å²) in [6, 6.07) is 0. The number of carbonyl (C=O) groups is 1. The Morgan fingerprint density at radius 1 is 1.18 bits per heavy atom. The molecule has 0 saturated heterocycles. The number of rotatable bonds is 6. The fourth-order valence-corrected chi connectivity index (χ4v) is 2.43. The van der Waals surface area contributed by atoms with Gasteiger partial charge in [-0.25, -0.2) is 0 Å². The third-order valence-corrected chi connectivity index (χ3v) is 3.59. The smallest absolute Gasteiger partial charge is 0.288 e. The van der Waals surface area contributed by atoms with Crippen molar-refractivity contribution in [2.24, 2.45) is 0 Å². The molecule has 0 fully saturated rings. The van der Waals surface area contributed by atoms with Crippen molar-refractivity contribution in [3.63, 3.8) is 0 Å². The van der Waals surface area contributed by atoms with E-state index >= 15 is 0 Å². The molecule has 1 aliphatic heterocycles. The normalized spacial score (nSPS) is 15.2. The van der Waals surface area contributed by atoms with Gasteiger partial charge in [0.15, 0.2) is 11.4 Å². The van der Waals surface area contributed by atoms with Crippen LogP contribution in [0.2, 0.25) is 0 Å². The van der Waals surface area contributed by atoms with Gasteiger partial charge >= 0.3 is 0 Å². The number of hydrogen-bond donors (Lipinski definition) is 1. The Kier molecular flexibility index (Phi) is 5.17. The van der Waals surface area contributed by atoms with Gasteiger partial charge in [-0.15, -0.1) is 0 Å². The van der Waals surface area contributed by atoms with Gasteiger partial charge in [-0.1, -0.05) is 0 Å². The number of methoxy groups -OCH3 is 2. The second-order valence-corrected chi connectivity index (χ2v) is 5.09. The maximum atomic E-state index is 12.6. The molecule has 0 unspecified atom stereocenters. The number of aryl methyl sites for hydroxylation is 1. The van der Waals surface area contributed by atoms with Gasteiger partial charge in [0.2, 0.25) is 5.43 Å². The largest absolute Gasteiger partial charge is 0.503 e. The minimum absolute atomic E-state index is 0.0142. The molecular formula is C14H21N3O5. The van der Waals surface area contributed by atoms with Crippen LogP contribution in [0.5, 0.6) is 5.75 Å². The molecule has 1 N–H and O–H groups in total. The molecular weight excluding hydrogens is 290 g/mol. The van der Waals surface area contributed by atoms with Gasteiger partial charge in [0.25, 0.3) is 5.91 Å². The monoisotopic (exact) mass is 311 g/mol. The molecule has 0 saturated carbocycles. The number of nitrogens with zero attached hydrogens (tertiary/aromatic N) is 3. The fourth-order valence-electron chi connectivity index (χ4n) is 2.43. The van der Waals surface area contributed by atoms with Crippen LogP contribution in [0.25, 0.3) is 0 Å². The molecule has 122 valence electrons. The lowest BCUT2D eigenvalue weighted by atomic mass is 10.2. The van der Waals surface area contributed by atoms with Crippen molar-refractivity contribution < 1.29 is 19.4 Å². The molecule has 1 aromatic rings. The Labute approximate surface area is 128 Å². The Bertz CT molecular complexity index is 613. The summed E-state index contributed by atoms with van der Waals surface area (Å²) in [6.07, 6.45) is 1.59. The van der Waals surface area contributed by atoms with E-state index in [4.69, 9.17) is 9.47 Å². The lowest BCUT2D eigenvalue weighted by molar-refractivity contribution is -0.0627. The Morgan fingerprint density at radius 3 is 2.45 bits per heavy atom. The third-order valence-electron chi connectivity index (χ3n) is 3.59. The summed E-state index contributed by atoms with van der Waals surface area (Å²) in [5.74, 6) is -0.923. The zero-order valence-electron chi connectivity index (χ0n) is 13.0. The zero-order valence-corrected chi connectivity index (χ0v) is 13.0. The lowest BCUT2D eigenvalue weighted by Crippen LogP contribution is -2.54. The molecule has 0 aliphatic carbocycles. The predicted molar refractivity (Wildman–Crippen MR) is 78.6 cm³/mol. The lowest BCUT2D eigenvalue weighted by Gasteiger charge is -2.40. The van der Waals surface area contributed by atoms with Gasteiger partial charge in [0, 0.05) is 32.5 Å². The number of pyridine rings is 1. The van der Waals surface area contributed by atoms with Crippen LogP contribution in [-0.4, -0.2) is 66.1 Å².